The van der Waals surface area contributed by atoms with Crippen LogP contribution < -0.4 is 5.73 Å². The number of likely N-dealkylation sites (tertiary alicyclic amines) is 1. The Morgan fingerprint density at radius 3 is 2.00 bits per heavy atom. The van der Waals surface area contributed by atoms with Crippen LogP contribution in [0, 0.1) is 5.92 Å². The number of carbonyl (C=O) groups excluding carboxylic acids is 2. The molecular formula is C15H28N4O2. The maximum Gasteiger partial charge on any atom is 0.239 e. The zero-order valence-electron chi connectivity index (χ0n) is 13.3. The molecule has 21 heavy (non-hydrogen) atoms. The molecule has 2 aliphatic rings. The van der Waals surface area contributed by atoms with Gasteiger partial charge in [-0.25, -0.2) is 0 Å². The fourth-order valence-electron chi connectivity index (χ4n) is 2.90. The predicted octanol–water partition coefficient (Wildman–Crippen LogP) is -0.264. The standard InChI is InChI=1S/C15H28N4O2/c1-12(2)14(16)15(21)19-9-7-18(8-10-19)13(20)11-17-5-3-4-6-17/h12,14H,3-11,16H2,1-2H3/t14-/m0/s1. The van der Waals surface area contributed by atoms with Crippen LogP contribution in [0.5, 0.6) is 0 Å². The first-order chi connectivity index (χ1) is 9.99. The van der Waals surface area contributed by atoms with Crippen LogP contribution in [-0.2, 0) is 9.59 Å². The van der Waals surface area contributed by atoms with Gasteiger partial charge >= 0.3 is 0 Å². The molecule has 0 aromatic carbocycles. The minimum Gasteiger partial charge on any atom is -0.338 e. The molecule has 120 valence electrons. The van der Waals surface area contributed by atoms with E-state index in [2.05, 4.69) is 4.90 Å². The van der Waals surface area contributed by atoms with Crippen LogP contribution in [-0.4, -0.2) is 78.4 Å². The van der Waals surface area contributed by atoms with Crippen LogP contribution in [0.2, 0.25) is 0 Å². The predicted molar refractivity (Wildman–Crippen MR) is 81.6 cm³/mol. The summed E-state index contributed by atoms with van der Waals surface area (Å²) in [5, 5.41) is 0. The van der Waals surface area contributed by atoms with Crippen LogP contribution in [0.1, 0.15) is 26.7 Å². The molecule has 0 bridgehead atoms. The normalized spacial score (nSPS) is 21.9. The molecule has 1 atom stereocenters. The van der Waals surface area contributed by atoms with Gasteiger partial charge in [-0.05, 0) is 31.8 Å². The Morgan fingerprint density at radius 2 is 1.48 bits per heavy atom. The molecule has 6 nitrogen and oxygen atoms in total. The lowest BCUT2D eigenvalue weighted by atomic mass is 10.0. The van der Waals surface area contributed by atoms with E-state index in [0.29, 0.717) is 32.7 Å². The summed E-state index contributed by atoms with van der Waals surface area (Å²) < 4.78 is 0. The van der Waals surface area contributed by atoms with E-state index in [4.69, 9.17) is 5.73 Å². The van der Waals surface area contributed by atoms with E-state index in [1.54, 1.807) is 4.90 Å². The summed E-state index contributed by atoms with van der Waals surface area (Å²) in [7, 11) is 0. The van der Waals surface area contributed by atoms with E-state index in [0.717, 1.165) is 13.1 Å². The molecule has 2 fully saturated rings. The van der Waals surface area contributed by atoms with Gasteiger partial charge in [-0.1, -0.05) is 13.8 Å². The molecule has 2 aliphatic heterocycles. The number of amides is 2. The third-order valence-electron chi connectivity index (χ3n) is 4.50. The van der Waals surface area contributed by atoms with Crippen molar-refractivity contribution in [2.45, 2.75) is 32.7 Å². The van der Waals surface area contributed by atoms with Crippen molar-refractivity contribution in [1.29, 1.82) is 0 Å². The summed E-state index contributed by atoms with van der Waals surface area (Å²) in [4.78, 5) is 30.3. The number of rotatable bonds is 4. The van der Waals surface area contributed by atoms with Gasteiger partial charge in [0.05, 0.1) is 12.6 Å². The van der Waals surface area contributed by atoms with Crippen molar-refractivity contribution >= 4 is 11.8 Å². The molecule has 2 N–H and O–H groups in total. The lowest BCUT2D eigenvalue weighted by molar-refractivity contribution is -0.141. The van der Waals surface area contributed by atoms with Gasteiger partial charge < -0.3 is 15.5 Å². The SMILES string of the molecule is CC(C)[C@H](N)C(=O)N1CCN(C(=O)CN2CCCC2)CC1. The van der Waals surface area contributed by atoms with Crippen LogP contribution in [0.3, 0.4) is 0 Å². The number of hydrogen-bond donors (Lipinski definition) is 1. The van der Waals surface area contributed by atoms with Gasteiger partial charge in [-0.15, -0.1) is 0 Å². The molecule has 6 heteroatoms. The zero-order chi connectivity index (χ0) is 15.4. The van der Waals surface area contributed by atoms with Gasteiger partial charge in [-0.2, -0.15) is 0 Å². The maximum absolute atomic E-state index is 12.2. The molecule has 0 aromatic heterocycles. The highest BCUT2D eigenvalue weighted by molar-refractivity contribution is 5.83. The lowest BCUT2D eigenvalue weighted by Crippen LogP contribution is -2.56. The molecule has 0 saturated carbocycles. The first-order valence-corrected chi connectivity index (χ1v) is 8.03. The third kappa shape index (κ3) is 4.17. The van der Waals surface area contributed by atoms with Gasteiger partial charge in [0.15, 0.2) is 0 Å². The summed E-state index contributed by atoms with van der Waals surface area (Å²) in [5.41, 5.74) is 5.92. The lowest BCUT2D eigenvalue weighted by Gasteiger charge is -2.37. The molecule has 2 rings (SSSR count). The Hall–Kier alpha value is -1.14. The van der Waals surface area contributed by atoms with Crippen molar-refractivity contribution in [3.8, 4) is 0 Å². The van der Waals surface area contributed by atoms with Gasteiger partial charge in [0.25, 0.3) is 0 Å². The van der Waals surface area contributed by atoms with Crippen molar-refractivity contribution in [3.63, 3.8) is 0 Å². The summed E-state index contributed by atoms with van der Waals surface area (Å²) in [6.45, 7) is 8.97. The second kappa shape index (κ2) is 7.22. The Balaban J connectivity index is 1.77. The fraction of sp³-hybridized carbons (Fsp3) is 0.867. The second-order valence-corrected chi connectivity index (χ2v) is 6.46. The highest BCUT2D eigenvalue weighted by Gasteiger charge is 2.29. The van der Waals surface area contributed by atoms with Crippen molar-refractivity contribution in [1.82, 2.24) is 14.7 Å². The van der Waals surface area contributed by atoms with E-state index < -0.39 is 6.04 Å². The first kappa shape index (κ1) is 16.2. The quantitative estimate of drug-likeness (QED) is 0.776. The molecule has 0 spiro atoms. The summed E-state index contributed by atoms with van der Waals surface area (Å²) in [5.74, 6) is 0.348. The maximum atomic E-state index is 12.2. The summed E-state index contributed by atoms with van der Waals surface area (Å²) in [6, 6.07) is -0.433. The molecule has 2 saturated heterocycles. The average Bonchev–Trinajstić information content (AvgIpc) is 2.98. The smallest absolute Gasteiger partial charge is 0.239 e. The number of hydrogen-bond acceptors (Lipinski definition) is 4. The fourth-order valence-corrected chi connectivity index (χ4v) is 2.90. The Morgan fingerprint density at radius 1 is 0.952 bits per heavy atom. The Kier molecular flexibility index (Phi) is 5.58. The van der Waals surface area contributed by atoms with Gasteiger partial charge in [0.1, 0.15) is 0 Å². The van der Waals surface area contributed by atoms with E-state index in [1.165, 1.54) is 12.8 Å². The minimum absolute atomic E-state index is 0.0108. The topological polar surface area (TPSA) is 69.9 Å². The van der Waals surface area contributed by atoms with Crippen molar-refractivity contribution in [2.75, 3.05) is 45.8 Å². The molecule has 0 aromatic rings. The van der Waals surface area contributed by atoms with E-state index in [-0.39, 0.29) is 17.7 Å². The summed E-state index contributed by atoms with van der Waals surface area (Å²) in [6.07, 6.45) is 2.39. The van der Waals surface area contributed by atoms with E-state index in [1.807, 2.05) is 18.7 Å². The number of nitrogens with zero attached hydrogens (tertiary/aromatic N) is 3. The van der Waals surface area contributed by atoms with Crippen molar-refractivity contribution < 1.29 is 9.59 Å². The van der Waals surface area contributed by atoms with Crippen LogP contribution in [0.4, 0.5) is 0 Å². The highest BCUT2D eigenvalue weighted by atomic mass is 16.2. The average molecular weight is 296 g/mol. The molecule has 2 heterocycles. The van der Waals surface area contributed by atoms with Crippen LogP contribution in [0.15, 0.2) is 0 Å². The first-order valence-electron chi connectivity index (χ1n) is 8.03. The Labute approximate surface area is 127 Å². The van der Waals surface area contributed by atoms with Gasteiger partial charge in [-0.3, -0.25) is 14.5 Å². The molecule has 0 aliphatic carbocycles. The van der Waals surface area contributed by atoms with E-state index in [9.17, 15) is 9.59 Å². The molecular weight excluding hydrogens is 268 g/mol. The van der Waals surface area contributed by atoms with Crippen molar-refractivity contribution in [3.05, 3.63) is 0 Å². The zero-order valence-corrected chi connectivity index (χ0v) is 13.3. The third-order valence-corrected chi connectivity index (χ3v) is 4.50. The monoisotopic (exact) mass is 296 g/mol. The van der Waals surface area contributed by atoms with Crippen molar-refractivity contribution in [2.24, 2.45) is 11.7 Å². The number of carbonyl (C=O) groups is 2. The molecule has 0 radical (unpaired) electrons. The minimum atomic E-state index is -0.433. The number of piperazine rings is 1. The number of nitrogens with two attached hydrogens (primary N) is 1. The van der Waals surface area contributed by atoms with Gasteiger partial charge in [0, 0.05) is 26.2 Å². The second-order valence-electron chi connectivity index (χ2n) is 6.46. The largest absolute Gasteiger partial charge is 0.338 e. The van der Waals surface area contributed by atoms with Crippen LogP contribution >= 0.6 is 0 Å². The molecule has 0 unspecified atom stereocenters. The van der Waals surface area contributed by atoms with Gasteiger partial charge in [0.2, 0.25) is 11.8 Å². The van der Waals surface area contributed by atoms with Crippen LogP contribution in [0.25, 0.3) is 0 Å². The molecule has 2 amide bonds. The Bertz CT molecular complexity index is 372. The highest BCUT2D eigenvalue weighted by Crippen LogP contribution is 2.10. The summed E-state index contributed by atoms with van der Waals surface area (Å²) >= 11 is 0. The van der Waals surface area contributed by atoms with E-state index >= 15 is 0 Å².